The average molecular weight is 255 g/mol. The Morgan fingerprint density at radius 3 is 3.00 bits per heavy atom. The third-order valence-corrected chi connectivity index (χ3v) is 2.70. The maximum Gasteiger partial charge on any atom is 0.303 e. The van der Waals surface area contributed by atoms with E-state index in [0.29, 0.717) is 28.8 Å². The van der Waals surface area contributed by atoms with E-state index in [1.165, 1.54) is 0 Å². The van der Waals surface area contributed by atoms with Crippen molar-refractivity contribution < 1.29 is 14.6 Å². The van der Waals surface area contributed by atoms with Crippen LogP contribution in [0, 0.1) is 0 Å². The fourth-order valence-electron chi connectivity index (χ4n) is 1.68. The standard InChI is InChI=1S/C11H11ClN2O3/c1-17-9-4-2-3-7-11(12)13-8(14(7)9)5-6-10(15)16/h2-4H,5-6H2,1H3,(H,15,16). The molecule has 1 N–H and O–H groups in total. The van der Waals surface area contributed by atoms with Gasteiger partial charge in [-0.25, -0.2) is 4.98 Å². The zero-order chi connectivity index (χ0) is 12.4. The Hall–Kier alpha value is -1.75. The zero-order valence-corrected chi connectivity index (χ0v) is 9.94. The van der Waals surface area contributed by atoms with E-state index in [-0.39, 0.29) is 6.42 Å². The number of aryl methyl sites for hydroxylation is 1. The molecular formula is C11H11ClN2O3. The summed E-state index contributed by atoms with van der Waals surface area (Å²) >= 11 is 5.99. The number of carbonyl (C=O) groups is 1. The van der Waals surface area contributed by atoms with Gasteiger partial charge in [0.25, 0.3) is 0 Å². The number of ether oxygens (including phenoxy) is 1. The Labute approximate surface area is 103 Å². The van der Waals surface area contributed by atoms with Gasteiger partial charge in [-0.15, -0.1) is 0 Å². The number of halogens is 1. The van der Waals surface area contributed by atoms with Crippen LogP contribution in [0.25, 0.3) is 5.52 Å². The molecule has 0 aliphatic carbocycles. The summed E-state index contributed by atoms with van der Waals surface area (Å²) < 4.78 is 6.93. The monoisotopic (exact) mass is 254 g/mol. The number of imidazole rings is 1. The average Bonchev–Trinajstić information content (AvgIpc) is 2.64. The summed E-state index contributed by atoms with van der Waals surface area (Å²) in [6, 6.07) is 5.39. The van der Waals surface area contributed by atoms with Crippen molar-refractivity contribution in [3.63, 3.8) is 0 Å². The molecule has 6 heteroatoms. The van der Waals surface area contributed by atoms with Crippen LogP contribution in [0.4, 0.5) is 0 Å². The van der Waals surface area contributed by atoms with E-state index in [0.717, 1.165) is 0 Å². The molecule has 0 spiro atoms. The highest BCUT2D eigenvalue weighted by molar-refractivity contribution is 6.32. The summed E-state index contributed by atoms with van der Waals surface area (Å²) in [5.41, 5.74) is 0.714. The molecule has 17 heavy (non-hydrogen) atoms. The topological polar surface area (TPSA) is 63.8 Å². The fraction of sp³-hybridized carbons (Fsp3) is 0.273. The van der Waals surface area contributed by atoms with Crippen molar-refractivity contribution in [1.82, 2.24) is 9.38 Å². The molecule has 0 amide bonds. The van der Waals surface area contributed by atoms with E-state index in [1.807, 2.05) is 12.1 Å². The van der Waals surface area contributed by atoms with Crippen molar-refractivity contribution in [3.8, 4) is 5.88 Å². The molecule has 0 aromatic carbocycles. The third-order valence-electron chi connectivity index (χ3n) is 2.42. The molecule has 0 aliphatic rings. The lowest BCUT2D eigenvalue weighted by Crippen LogP contribution is -2.03. The van der Waals surface area contributed by atoms with Crippen molar-refractivity contribution in [2.24, 2.45) is 0 Å². The quantitative estimate of drug-likeness (QED) is 0.907. The maximum atomic E-state index is 10.6. The first-order chi connectivity index (χ1) is 8.13. The number of hydrogen-bond donors (Lipinski definition) is 1. The van der Waals surface area contributed by atoms with Gasteiger partial charge in [-0.3, -0.25) is 9.20 Å². The number of methoxy groups -OCH3 is 1. The summed E-state index contributed by atoms with van der Waals surface area (Å²) in [5, 5.41) is 9.03. The number of fused-ring (bicyclic) bond motifs is 1. The second-order valence-corrected chi connectivity index (χ2v) is 3.86. The summed E-state index contributed by atoms with van der Waals surface area (Å²) in [4.78, 5) is 14.7. The second-order valence-electron chi connectivity index (χ2n) is 3.50. The van der Waals surface area contributed by atoms with Crippen LogP contribution in [-0.2, 0) is 11.2 Å². The number of carboxylic acid groups (broad SMARTS) is 1. The molecule has 2 aromatic rings. The number of aliphatic carboxylic acids is 1. The molecule has 5 nitrogen and oxygen atoms in total. The van der Waals surface area contributed by atoms with Crippen molar-refractivity contribution in [2.75, 3.05) is 7.11 Å². The van der Waals surface area contributed by atoms with Crippen LogP contribution in [0.1, 0.15) is 12.2 Å². The molecule has 0 atom stereocenters. The minimum atomic E-state index is -0.868. The first-order valence-corrected chi connectivity index (χ1v) is 5.43. The van der Waals surface area contributed by atoms with Gasteiger partial charge in [-0.05, 0) is 12.1 Å². The van der Waals surface area contributed by atoms with E-state index in [4.69, 9.17) is 21.4 Å². The van der Waals surface area contributed by atoms with Crippen LogP contribution >= 0.6 is 11.6 Å². The minimum absolute atomic E-state index is 0.00743. The van der Waals surface area contributed by atoms with Gasteiger partial charge < -0.3 is 9.84 Å². The molecule has 2 rings (SSSR count). The molecule has 2 aromatic heterocycles. The molecule has 0 saturated heterocycles. The normalized spacial score (nSPS) is 10.7. The Morgan fingerprint density at radius 1 is 1.59 bits per heavy atom. The molecule has 0 saturated carbocycles. The van der Waals surface area contributed by atoms with Gasteiger partial charge in [-0.2, -0.15) is 0 Å². The van der Waals surface area contributed by atoms with Crippen LogP contribution in [0.15, 0.2) is 18.2 Å². The summed E-state index contributed by atoms with van der Waals surface area (Å²) in [5.74, 6) is 0.305. The Balaban J connectivity index is 2.51. The molecule has 0 radical (unpaired) electrons. The van der Waals surface area contributed by atoms with Gasteiger partial charge in [-0.1, -0.05) is 17.7 Å². The van der Waals surface area contributed by atoms with Gasteiger partial charge in [0, 0.05) is 6.42 Å². The molecule has 0 unspecified atom stereocenters. The lowest BCUT2D eigenvalue weighted by atomic mass is 10.3. The Kier molecular flexibility index (Phi) is 3.19. The number of carboxylic acids is 1. The largest absolute Gasteiger partial charge is 0.482 e. The number of nitrogens with zero attached hydrogens (tertiary/aromatic N) is 2. The van der Waals surface area contributed by atoms with Crippen molar-refractivity contribution in [1.29, 1.82) is 0 Å². The Morgan fingerprint density at radius 2 is 2.35 bits per heavy atom. The zero-order valence-electron chi connectivity index (χ0n) is 9.18. The number of pyridine rings is 1. The van der Waals surface area contributed by atoms with Crippen LogP contribution in [0.5, 0.6) is 5.88 Å². The van der Waals surface area contributed by atoms with Crippen molar-refractivity contribution in [3.05, 3.63) is 29.2 Å². The van der Waals surface area contributed by atoms with E-state index in [2.05, 4.69) is 4.98 Å². The van der Waals surface area contributed by atoms with Crippen LogP contribution < -0.4 is 4.74 Å². The fourth-order valence-corrected chi connectivity index (χ4v) is 1.93. The molecule has 2 heterocycles. The molecule has 90 valence electrons. The molecular weight excluding hydrogens is 244 g/mol. The first-order valence-electron chi connectivity index (χ1n) is 5.05. The molecule has 0 bridgehead atoms. The predicted molar refractivity (Wildman–Crippen MR) is 62.7 cm³/mol. The highest BCUT2D eigenvalue weighted by atomic mass is 35.5. The summed E-state index contributed by atoms with van der Waals surface area (Å²) in [7, 11) is 1.55. The van der Waals surface area contributed by atoms with Crippen molar-refractivity contribution >= 4 is 23.1 Å². The van der Waals surface area contributed by atoms with E-state index in [1.54, 1.807) is 17.6 Å². The number of hydrogen-bond acceptors (Lipinski definition) is 3. The summed E-state index contributed by atoms with van der Waals surface area (Å²) in [6.07, 6.45) is 0.317. The Bertz CT molecular complexity index is 565. The first kappa shape index (κ1) is 11.7. The SMILES string of the molecule is COc1cccc2c(Cl)nc(CCC(=O)O)n12. The third kappa shape index (κ3) is 2.19. The van der Waals surface area contributed by atoms with Gasteiger partial charge in [0.15, 0.2) is 11.0 Å². The minimum Gasteiger partial charge on any atom is -0.482 e. The summed E-state index contributed by atoms with van der Waals surface area (Å²) in [6.45, 7) is 0. The van der Waals surface area contributed by atoms with Crippen LogP contribution in [0.3, 0.4) is 0 Å². The van der Waals surface area contributed by atoms with Gasteiger partial charge in [0.1, 0.15) is 5.82 Å². The lowest BCUT2D eigenvalue weighted by molar-refractivity contribution is -0.137. The van der Waals surface area contributed by atoms with Gasteiger partial charge in [0.05, 0.1) is 19.0 Å². The lowest BCUT2D eigenvalue weighted by Gasteiger charge is -2.06. The van der Waals surface area contributed by atoms with Crippen LogP contribution in [0.2, 0.25) is 5.15 Å². The predicted octanol–water partition coefficient (Wildman–Crippen LogP) is 2.01. The maximum absolute atomic E-state index is 10.6. The molecule has 0 fully saturated rings. The highest BCUT2D eigenvalue weighted by Gasteiger charge is 2.13. The molecule has 0 aliphatic heterocycles. The van der Waals surface area contributed by atoms with Crippen LogP contribution in [-0.4, -0.2) is 27.6 Å². The van der Waals surface area contributed by atoms with E-state index >= 15 is 0 Å². The second kappa shape index (κ2) is 4.63. The smallest absolute Gasteiger partial charge is 0.303 e. The highest BCUT2D eigenvalue weighted by Crippen LogP contribution is 2.24. The van der Waals surface area contributed by atoms with Crippen molar-refractivity contribution in [2.45, 2.75) is 12.8 Å². The number of aromatic nitrogens is 2. The van der Waals surface area contributed by atoms with Gasteiger partial charge in [0.2, 0.25) is 0 Å². The van der Waals surface area contributed by atoms with E-state index in [9.17, 15) is 4.79 Å². The van der Waals surface area contributed by atoms with E-state index < -0.39 is 5.97 Å². The van der Waals surface area contributed by atoms with Gasteiger partial charge >= 0.3 is 5.97 Å². The number of rotatable bonds is 4.